The van der Waals surface area contributed by atoms with Crippen LogP contribution in [0.1, 0.15) is 24.2 Å². The maximum absolute atomic E-state index is 12.9. The molecule has 5 nitrogen and oxygen atoms in total. The minimum Gasteiger partial charge on any atom is -0.496 e. The van der Waals surface area contributed by atoms with Crippen LogP contribution in [0, 0.1) is 0 Å². The lowest BCUT2D eigenvalue weighted by Crippen LogP contribution is -2.40. The van der Waals surface area contributed by atoms with Gasteiger partial charge in [-0.05, 0) is 32.0 Å². The Hall–Kier alpha value is -1.47. The van der Waals surface area contributed by atoms with Gasteiger partial charge in [-0.3, -0.25) is 9.69 Å². The summed E-state index contributed by atoms with van der Waals surface area (Å²) in [6.45, 7) is 9.49. The summed E-state index contributed by atoms with van der Waals surface area (Å²) >= 11 is 7.72. The normalized spacial score (nSPS) is 19.9. The number of hydrogen-bond donors (Lipinski definition) is 0. The molecule has 146 valence electrons. The second-order valence-electron chi connectivity index (χ2n) is 6.54. The van der Waals surface area contributed by atoms with Gasteiger partial charge in [0.1, 0.15) is 5.75 Å². The molecular weight excluding hydrogens is 384 g/mol. The van der Waals surface area contributed by atoms with Crippen LogP contribution >= 0.6 is 23.4 Å². The first-order chi connectivity index (χ1) is 13.0. The third kappa shape index (κ3) is 4.88. The van der Waals surface area contributed by atoms with Crippen molar-refractivity contribution in [2.45, 2.75) is 13.8 Å². The molecule has 0 unspecified atom stereocenters. The van der Waals surface area contributed by atoms with E-state index in [-0.39, 0.29) is 5.78 Å². The van der Waals surface area contributed by atoms with E-state index >= 15 is 0 Å². The molecule has 1 saturated heterocycles. The molecule has 0 N–H and O–H groups in total. The summed E-state index contributed by atoms with van der Waals surface area (Å²) in [4.78, 5) is 18.7. The molecule has 0 amide bonds. The zero-order valence-electron chi connectivity index (χ0n) is 16.0. The van der Waals surface area contributed by atoms with Crippen molar-refractivity contribution in [3.8, 4) is 5.75 Å². The summed E-state index contributed by atoms with van der Waals surface area (Å²) in [7, 11) is 1.56. The number of nitrogens with zero attached hydrogens (tertiary/aromatic N) is 2. The molecule has 0 atom stereocenters. The van der Waals surface area contributed by atoms with Gasteiger partial charge in [0.05, 0.1) is 30.9 Å². The van der Waals surface area contributed by atoms with Crippen LogP contribution in [0.5, 0.6) is 5.75 Å². The van der Waals surface area contributed by atoms with Crippen LogP contribution in [0.3, 0.4) is 0 Å². The Morgan fingerprint density at radius 1 is 1.30 bits per heavy atom. The maximum atomic E-state index is 12.9. The number of thioether (sulfide) groups is 1. The van der Waals surface area contributed by atoms with E-state index in [1.807, 2.05) is 0 Å². The highest BCUT2D eigenvalue weighted by atomic mass is 35.5. The van der Waals surface area contributed by atoms with Crippen LogP contribution in [0.2, 0.25) is 5.02 Å². The van der Waals surface area contributed by atoms with Gasteiger partial charge in [-0.2, -0.15) is 0 Å². The van der Waals surface area contributed by atoms with Crippen LogP contribution in [0.25, 0.3) is 0 Å². The number of carbonyl (C=O) groups is 1. The third-order valence-electron chi connectivity index (χ3n) is 4.86. The van der Waals surface area contributed by atoms with E-state index in [0.717, 1.165) is 44.4 Å². The number of benzene rings is 1. The van der Waals surface area contributed by atoms with Crippen LogP contribution < -0.4 is 4.74 Å². The second-order valence-corrected chi connectivity index (χ2v) is 8.21. The van der Waals surface area contributed by atoms with E-state index in [1.165, 1.54) is 10.6 Å². The van der Waals surface area contributed by atoms with Crippen LogP contribution in [-0.2, 0) is 4.74 Å². The average molecular weight is 409 g/mol. The SMILES string of the molecule is COc1ccc(Cl)cc1C(=O)/C=C1\SC(C)=C(C)N1CCN1CCOCC1. The molecule has 7 heteroatoms. The summed E-state index contributed by atoms with van der Waals surface area (Å²) in [5.41, 5.74) is 1.68. The molecule has 1 aromatic carbocycles. The smallest absolute Gasteiger partial charge is 0.192 e. The summed E-state index contributed by atoms with van der Waals surface area (Å²) in [5.74, 6) is 0.432. The number of rotatable bonds is 6. The largest absolute Gasteiger partial charge is 0.496 e. The van der Waals surface area contributed by atoms with E-state index < -0.39 is 0 Å². The van der Waals surface area contributed by atoms with Crippen LogP contribution in [-0.4, -0.2) is 62.1 Å². The number of allylic oxidation sites excluding steroid dienone is 3. The number of ether oxygens (including phenoxy) is 2. The Morgan fingerprint density at radius 2 is 2.04 bits per heavy atom. The van der Waals surface area contributed by atoms with E-state index in [0.29, 0.717) is 16.3 Å². The number of halogens is 1. The van der Waals surface area contributed by atoms with Crippen molar-refractivity contribution in [1.82, 2.24) is 9.80 Å². The van der Waals surface area contributed by atoms with Crippen molar-refractivity contribution >= 4 is 29.1 Å². The molecule has 1 aromatic rings. The zero-order valence-corrected chi connectivity index (χ0v) is 17.5. The fourth-order valence-corrected chi connectivity index (χ4v) is 4.40. The quantitative estimate of drug-likeness (QED) is 0.523. The van der Waals surface area contributed by atoms with Gasteiger partial charge in [0, 0.05) is 47.9 Å². The van der Waals surface area contributed by atoms with Gasteiger partial charge in [-0.25, -0.2) is 0 Å². The lowest BCUT2D eigenvalue weighted by molar-refractivity contribution is 0.0361. The summed E-state index contributed by atoms with van der Waals surface area (Å²) in [6.07, 6.45) is 1.69. The lowest BCUT2D eigenvalue weighted by Gasteiger charge is -2.30. The Kier molecular flexibility index (Phi) is 6.87. The number of carbonyl (C=O) groups excluding carboxylic acids is 1. The molecule has 2 aliphatic rings. The average Bonchev–Trinajstić information content (AvgIpc) is 2.94. The highest BCUT2D eigenvalue weighted by Crippen LogP contribution is 2.40. The van der Waals surface area contributed by atoms with Crippen molar-refractivity contribution in [1.29, 1.82) is 0 Å². The van der Waals surface area contributed by atoms with Crippen molar-refractivity contribution in [2.75, 3.05) is 46.5 Å². The molecule has 0 saturated carbocycles. The van der Waals surface area contributed by atoms with Gasteiger partial charge in [-0.1, -0.05) is 23.4 Å². The fraction of sp³-hybridized carbons (Fsp3) is 0.450. The van der Waals surface area contributed by atoms with E-state index in [4.69, 9.17) is 21.1 Å². The second kappa shape index (κ2) is 9.15. The number of hydrogen-bond acceptors (Lipinski definition) is 6. The predicted molar refractivity (Wildman–Crippen MR) is 110 cm³/mol. The summed E-state index contributed by atoms with van der Waals surface area (Å²) < 4.78 is 10.7. The Labute approximate surface area is 169 Å². The summed E-state index contributed by atoms with van der Waals surface area (Å²) in [5, 5.41) is 1.47. The minimum absolute atomic E-state index is 0.101. The van der Waals surface area contributed by atoms with E-state index in [1.54, 1.807) is 43.1 Å². The van der Waals surface area contributed by atoms with Gasteiger partial charge in [0.15, 0.2) is 5.78 Å². The van der Waals surface area contributed by atoms with Crippen molar-refractivity contribution < 1.29 is 14.3 Å². The first-order valence-corrected chi connectivity index (χ1v) is 10.2. The summed E-state index contributed by atoms with van der Waals surface area (Å²) in [6, 6.07) is 5.10. The zero-order chi connectivity index (χ0) is 19.4. The highest BCUT2D eigenvalue weighted by Gasteiger charge is 2.25. The number of morpholine rings is 1. The van der Waals surface area contributed by atoms with Crippen LogP contribution in [0.4, 0.5) is 0 Å². The van der Waals surface area contributed by atoms with Gasteiger partial charge >= 0.3 is 0 Å². The monoisotopic (exact) mass is 408 g/mol. The third-order valence-corrected chi connectivity index (χ3v) is 6.25. The molecule has 27 heavy (non-hydrogen) atoms. The van der Waals surface area contributed by atoms with Crippen LogP contribution in [0.15, 0.2) is 39.9 Å². The van der Waals surface area contributed by atoms with Gasteiger partial charge in [0.2, 0.25) is 0 Å². The number of ketones is 1. The maximum Gasteiger partial charge on any atom is 0.192 e. The molecule has 2 aliphatic heterocycles. The Morgan fingerprint density at radius 3 is 2.74 bits per heavy atom. The molecule has 1 fully saturated rings. The van der Waals surface area contributed by atoms with E-state index in [9.17, 15) is 4.79 Å². The van der Waals surface area contributed by atoms with Crippen molar-refractivity contribution in [3.63, 3.8) is 0 Å². The standard InChI is InChI=1S/C20H25ClN2O3S/c1-14-15(2)27-20(23(14)7-6-22-8-10-26-11-9-22)13-18(24)17-12-16(21)4-5-19(17)25-3/h4-5,12-13H,6-11H2,1-3H3/b20-13-. The van der Waals surface area contributed by atoms with Gasteiger partial charge < -0.3 is 14.4 Å². The molecule has 0 aliphatic carbocycles. The van der Waals surface area contributed by atoms with E-state index in [2.05, 4.69) is 23.6 Å². The van der Waals surface area contributed by atoms with Crippen molar-refractivity contribution in [3.05, 3.63) is 50.5 Å². The number of methoxy groups -OCH3 is 1. The first kappa shape index (κ1) is 20.3. The molecule has 0 radical (unpaired) electrons. The molecule has 0 spiro atoms. The molecule has 0 aromatic heterocycles. The molecular formula is C20H25ClN2O3S. The first-order valence-electron chi connectivity index (χ1n) is 9.02. The lowest BCUT2D eigenvalue weighted by atomic mass is 10.1. The van der Waals surface area contributed by atoms with Crippen molar-refractivity contribution in [2.24, 2.45) is 0 Å². The molecule has 3 rings (SSSR count). The Bertz CT molecular complexity index is 772. The van der Waals surface area contributed by atoms with Gasteiger partial charge in [0.25, 0.3) is 0 Å². The molecule has 2 heterocycles. The topological polar surface area (TPSA) is 42.0 Å². The Balaban J connectivity index is 1.77. The highest BCUT2D eigenvalue weighted by molar-refractivity contribution is 8.06. The fourth-order valence-electron chi connectivity index (χ4n) is 3.16. The molecule has 0 bridgehead atoms. The minimum atomic E-state index is -0.101. The van der Waals surface area contributed by atoms with Gasteiger partial charge in [-0.15, -0.1) is 0 Å². The predicted octanol–water partition coefficient (Wildman–Crippen LogP) is 4.01.